The van der Waals surface area contributed by atoms with E-state index in [4.69, 9.17) is 4.74 Å². The van der Waals surface area contributed by atoms with Crippen LogP contribution in [0.2, 0.25) is 0 Å². The second kappa shape index (κ2) is 5.89. The Morgan fingerprint density at radius 2 is 2.04 bits per heavy atom. The Bertz CT molecular complexity index is 946. The first-order valence-electron chi connectivity index (χ1n) is 7.28. The minimum Gasteiger partial charge on any atom is -0.494 e. The molecular weight excluding hydrogens is 292 g/mol. The zero-order chi connectivity index (χ0) is 16.4. The number of nitrogens with one attached hydrogen (secondary N) is 2. The normalized spacial score (nSPS) is 10.5. The van der Waals surface area contributed by atoms with Gasteiger partial charge in [0, 0.05) is 17.4 Å². The number of benzene rings is 1. The molecule has 23 heavy (non-hydrogen) atoms. The van der Waals surface area contributed by atoms with Gasteiger partial charge in [-0.1, -0.05) is 0 Å². The van der Waals surface area contributed by atoms with Crippen LogP contribution >= 0.6 is 0 Å². The molecule has 2 heterocycles. The first-order valence-corrected chi connectivity index (χ1v) is 7.28. The van der Waals surface area contributed by atoms with Gasteiger partial charge < -0.3 is 10.1 Å². The molecule has 0 unspecified atom stereocenters. The summed E-state index contributed by atoms with van der Waals surface area (Å²) in [5, 5.41) is 15.5. The van der Waals surface area contributed by atoms with Crippen LogP contribution in [0.25, 0.3) is 5.52 Å². The van der Waals surface area contributed by atoms with E-state index in [-0.39, 0.29) is 11.0 Å². The maximum Gasteiger partial charge on any atom is 0.205 e. The Morgan fingerprint density at radius 3 is 2.70 bits per heavy atom. The van der Waals surface area contributed by atoms with Crippen LogP contribution in [0, 0.1) is 18.3 Å². The fourth-order valence-corrected chi connectivity index (χ4v) is 2.49. The van der Waals surface area contributed by atoms with Gasteiger partial charge >= 0.3 is 0 Å². The van der Waals surface area contributed by atoms with E-state index in [1.165, 1.54) is 0 Å². The van der Waals surface area contributed by atoms with Crippen molar-refractivity contribution in [1.82, 2.24) is 9.61 Å². The molecule has 0 aliphatic rings. The fourth-order valence-electron chi connectivity index (χ4n) is 2.49. The van der Waals surface area contributed by atoms with E-state index >= 15 is 0 Å². The standard InChI is InChI=1S/C17H16N4O2/c1-3-23-13-6-4-12(5-7-13)20-17-11(2)16(22)14(10-18)15-8-9-19-21(15)17/h4-9,19-20H,3H2,1-2H3. The van der Waals surface area contributed by atoms with Gasteiger partial charge in [0.05, 0.1) is 12.1 Å². The van der Waals surface area contributed by atoms with Crippen LogP contribution in [-0.4, -0.2) is 16.2 Å². The van der Waals surface area contributed by atoms with Crippen molar-refractivity contribution in [3.63, 3.8) is 0 Å². The summed E-state index contributed by atoms with van der Waals surface area (Å²) in [6, 6.07) is 11.2. The molecule has 0 aliphatic carbocycles. The quantitative estimate of drug-likeness (QED) is 0.776. The molecule has 116 valence electrons. The number of rotatable bonds is 4. The number of pyridine rings is 1. The highest BCUT2D eigenvalue weighted by Gasteiger charge is 2.15. The van der Waals surface area contributed by atoms with E-state index in [2.05, 4.69) is 10.4 Å². The highest BCUT2D eigenvalue weighted by molar-refractivity contribution is 5.70. The Labute approximate surface area is 132 Å². The van der Waals surface area contributed by atoms with E-state index in [0.29, 0.717) is 23.5 Å². The highest BCUT2D eigenvalue weighted by atomic mass is 16.5. The number of hydrogen-bond donors (Lipinski definition) is 2. The number of anilines is 2. The average molecular weight is 308 g/mol. The van der Waals surface area contributed by atoms with Crippen molar-refractivity contribution in [3.8, 4) is 11.8 Å². The summed E-state index contributed by atoms with van der Waals surface area (Å²) in [5.41, 5.74) is 1.73. The summed E-state index contributed by atoms with van der Waals surface area (Å²) in [5.74, 6) is 1.40. The van der Waals surface area contributed by atoms with Gasteiger partial charge in [-0.2, -0.15) is 5.26 Å². The Kier molecular flexibility index (Phi) is 3.77. The van der Waals surface area contributed by atoms with E-state index in [0.717, 1.165) is 11.4 Å². The molecule has 0 saturated heterocycles. The largest absolute Gasteiger partial charge is 0.494 e. The summed E-state index contributed by atoms with van der Waals surface area (Å²) in [4.78, 5) is 12.4. The van der Waals surface area contributed by atoms with E-state index in [1.54, 1.807) is 23.7 Å². The van der Waals surface area contributed by atoms with E-state index in [9.17, 15) is 10.1 Å². The molecule has 6 heteroatoms. The number of H-pyrrole nitrogens is 1. The molecule has 3 rings (SSSR count). The fraction of sp³-hybridized carbons (Fsp3) is 0.176. The van der Waals surface area contributed by atoms with Crippen molar-refractivity contribution in [2.24, 2.45) is 0 Å². The van der Waals surface area contributed by atoms with Gasteiger partial charge in [-0.05, 0) is 44.2 Å². The Morgan fingerprint density at radius 1 is 1.30 bits per heavy atom. The molecular formula is C17H16N4O2. The van der Waals surface area contributed by atoms with Crippen LogP contribution in [0.5, 0.6) is 5.75 Å². The first kappa shape index (κ1) is 14.7. The third-order valence-corrected chi connectivity index (χ3v) is 3.63. The van der Waals surface area contributed by atoms with Crippen molar-refractivity contribution >= 4 is 17.0 Å². The molecule has 0 spiro atoms. The number of ether oxygens (including phenoxy) is 1. The second-order valence-electron chi connectivity index (χ2n) is 5.06. The van der Waals surface area contributed by atoms with Crippen molar-refractivity contribution < 1.29 is 4.74 Å². The Balaban J connectivity index is 2.07. The number of aromatic nitrogens is 2. The van der Waals surface area contributed by atoms with Crippen LogP contribution < -0.4 is 15.5 Å². The van der Waals surface area contributed by atoms with E-state index < -0.39 is 0 Å². The van der Waals surface area contributed by atoms with Gasteiger partial charge in [0.15, 0.2) is 0 Å². The number of hydrogen-bond acceptors (Lipinski definition) is 4. The number of aromatic amines is 1. The summed E-state index contributed by atoms with van der Waals surface area (Å²) >= 11 is 0. The summed E-state index contributed by atoms with van der Waals surface area (Å²) in [6.45, 7) is 4.24. The van der Waals surface area contributed by atoms with Gasteiger partial charge in [-0.3, -0.25) is 9.89 Å². The van der Waals surface area contributed by atoms with Crippen molar-refractivity contribution in [3.05, 3.63) is 57.9 Å². The molecule has 0 aliphatic heterocycles. The molecule has 1 aromatic carbocycles. The molecule has 0 atom stereocenters. The van der Waals surface area contributed by atoms with Gasteiger partial charge in [0.25, 0.3) is 0 Å². The average Bonchev–Trinajstić information content (AvgIpc) is 3.03. The van der Waals surface area contributed by atoms with Crippen molar-refractivity contribution in [2.45, 2.75) is 13.8 Å². The zero-order valence-electron chi connectivity index (χ0n) is 12.9. The van der Waals surface area contributed by atoms with Crippen LogP contribution in [0.4, 0.5) is 11.5 Å². The maximum absolute atomic E-state index is 12.4. The van der Waals surface area contributed by atoms with Crippen molar-refractivity contribution in [1.29, 1.82) is 5.26 Å². The molecule has 0 amide bonds. The molecule has 0 radical (unpaired) electrons. The van der Waals surface area contributed by atoms with Gasteiger partial charge in [-0.25, -0.2) is 4.52 Å². The third kappa shape index (κ3) is 2.53. The van der Waals surface area contributed by atoms with Crippen LogP contribution in [-0.2, 0) is 0 Å². The van der Waals surface area contributed by atoms with Crippen LogP contribution in [0.1, 0.15) is 18.1 Å². The summed E-state index contributed by atoms with van der Waals surface area (Å²) in [6.07, 6.45) is 1.69. The van der Waals surface area contributed by atoms with Crippen LogP contribution in [0.3, 0.4) is 0 Å². The molecule has 0 fully saturated rings. The lowest BCUT2D eigenvalue weighted by molar-refractivity contribution is 0.340. The third-order valence-electron chi connectivity index (χ3n) is 3.63. The summed E-state index contributed by atoms with van der Waals surface area (Å²) < 4.78 is 7.12. The van der Waals surface area contributed by atoms with Gasteiger partial charge in [0.2, 0.25) is 5.43 Å². The van der Waals surface area contributed by atoms with Gasteiger partial charge in [-0.15, -0.1) is 0 Å². The SMILES string of the molecule is CCOc1ccc(Nc2c(C)c(=O)c(C#N)c3cc[nH]n23)cc1. The topological polar surface area (TPSA) is 82.3 Å². The van der Waals surface area contributed by atoms with Gasteiger partial charge in [0.1, 0.15) is 23.2 Å². The summed E-state index contributed by atoms with van der Waals surface area (Å²) in [7, 11) is 0. The minimum absolute atomic E-state index is 0.140. The zero-order valence-corrected chi connectivity index (χ0v) is 12.9. The maximum atomic E-state index is 12.4. The number of nitriles is 1. The molecule has 2 aromatic heterocycles. The monoisotopic (exact) mass is 308 g/mol. The first-order chi connectivity index (χ1) is 11.2. The smallest absolute Gasteiger partial charge is 0.205 e. The molecule has 0 bridgehead atoms. The molecule has 2 N–H and O–H groups in total. The lowest BCUT2D eigenvalue weighted by Crippen LogP contribution is -2.16. The highest BCUT2D eigenvalue weighted by Crippen LogP contribution is 2.23. The lowest BCUT2D eigenvalue weighted by Gasteiger charge is -2.13. The molecule has 6 nitrogen and oxygen atoms in total. The van der Waals surface area contributed by atoms with Crippen LogP contribution in [0.15, 0.2) is 41.3 Å². The minimum atomic E-state index is -0.263. The van der Waals surface area contributed by atoms with Crippen molar-refractivity contribution in [2.75, 3.05) is 11.9 Å². The number of nitrogens with zero attached hydrogens (tertiary/aromatic N) is 2. The molecule has 0 saturated carbocycles. The van der Waals surface area contributed by atoms with E-state index in [1.807, 2.05) is 37.3 Å². The predicted octanol–water partition coefficient (Wildman–Crippen LogP) is 2.95. The number of fused-ring (bicyclic) bond motifs is 1. The lowest BCUT2D eigenvalue weighted by atomic mass is 10.1. The molecule has 3 aromatic rings. The predicted molar refractivity (Wildman–Crippen MR) is 88.4 cm³/mol. The second-order valence-corrected chi connectivity index (χ2v) is 5.06. The Hall–Kier alpha value is -3.20.